The molecule has 0 unspecified atom stereocenters. The molecule has 1 N–H and O–H groups in total. The predicted octanol–water partition coefficient (Wildman–Crippen LogP) is 1.35. The van der Waals surface area contributed by atoms with Crippen molar-refractivity contribution in [3.05, 3.63) is 21.7 Å². The van der Waals surface area contributed by atoms with E-state index in [2.05, 4.69) is 42.5 Å². The van der Waals surface area contributed by atoms with Gasteiger partial charge in [0.2, 0.25) is 0 Å². The van der Waals surface area contributed by atoms with Gasteiger partial charge in [-0.3, -0.25) is 10.1 Å². The largest absolute Gasteiger partial charge is 0.465 e. The van der Waals surface area contributed by atoms with Crippen LogP contribution in [0, 0.1) is 3.70 Å². The normalized spacial score (nSPS) is 10.4. The summed E-state index contributed by atoms with van der Waals surface area (Å²) in [6.07, 6.45) is 3.12. The van der Waals surface area contributed by atoms with E-state index in [1.54, 1.807) is 6.20 Å². The monoisotopic (exact) mass is 303 g/mol. The van der Waals surface area contributed by atoms with Crippen LogP contribution < -0.4 is 0 Å². The maximum atomic E-state index is 11.3. The van der Waals surface area contributed by atoms with Gasteiger partial charge in [0.1, 0.15) is 9.26 Å². The highest BCUT2D eigenvalue weighted by Gasteiger charge is 2.13. The first-order valence-electron chi connectivity index (χ1n) is 3.80. The van der Waals surface area contributed by atoms with Crippen LogP contribution in [0.15, 0.2) is 12.4 Å². The summed E-state index contributed by atoms with van der Waals surface area (Å²) in [4.78, 5) is 15.3. The Morgan fingerprint density at radius 3 is 3.07 bits per heavy atom. The molecule has 0 aliphatic heterocycles. The molecule has 0 spiro atoms. The molecule has 0 saturated heterocycles. The van der Waals surface area contributed by atoms with Crippen molar-refractivity contribution in [3.8, 4) is 0 Å². The first kappa shape index (κ1) is 9.38. The molecule has 0 amide bonds. The standard InChI is InChI=1S/C8H6IN3O2/c1-14-8(13)5-3-10-2-4-6(5)11-12-7(4)9/h2-3H,1H3,(H,11,12). The van der Waals surface area contributed by atoms with Gasteiger partial charge in [0, 0.05) is 12.4 Å². The van der Waals surface area contributed by atoms with Gasteiger partial charge in [-0.25, -0.2) is 4.79 Å². The molecule has 0 bridgehead atoms. The quantitative estimate of drug-likeness (QED) is 0.638. The first-order chi connectivity index (χ1) is 6.74. The van der Waals surface area contributed by atoms with Crippen LogP contribution in [-0.2, 0) is 4.74 Å². The zero-order valence-electron chi connectivity index (χ0n) is 7.24. The van der Waals surface area contributed by atoms with Gasteiger partial charge < -0.3 is 4.74 Å². The van der Waals surface area contributed by atoms with Gasteiger partial charge in [-0.1, -0.05) is 0 Å². The lowest BCUT2D eigenvalue weighted by Gasteiger charge is -1.98. The number of carbonyl (C=O) groups excluding carboxylic acids is 1. The smallest absolute Gasteiger partial charge is 0.341 e. The highest BCUT2D eigenvalue weighted by atomic mass is 127. The number of H-pyrrole nitrogens is 1. The number of esters is 1. The van der Waals surface area contributed by atoms with E-state index in [-0.39, 0.29) is 0 Å². The van der Waals surface area contributed by atoms with E-state index >= 15 is 0 Å². The van der Waals surface area contributed by atoms with E-state index in [9.17, 15) is 4.79 Å². The number of fused-ring (bicyclic) bond motifs is 1. The topological polar surface area (TPSA) is 67.9 Å². The van der Waals surface area contributed by atoms with Crippen molar-refractivity contribution < 1.29 is 9.53 Å². The highest BCUT2D eigenvalue weighted by Crippen LogP contribution is 2.19. The van der Waals surface area contributed by atoms with E-state index < -0.39 is 5.97 Å². The Hall–Kier alpha value is -1.18. The van der Waals surface area contributed by atoms with E-state index in [4.69, 9.17) is 0 Å². The van der Waals surface area contributed by atoms with Crippen molar-refractivity contribution >= 4 is 39.5 Å². The molecule has 0 radical (unpaired) electrons. The summed E-state index contributed by atoms with van der Waals surface area (Å²) >= 11 is 2.07. The van der Waals surface area contributed by atoms with Crippen LogP contribution in [-0.4, -0.2) is 28.3 Å². The number of carbonyl (C=O) groups is 1. The zero-order chi connectivity index (χ0) is 10.1. The first-order valence-corrected chi connectivity index (χ1v) is 4.88. The molecular formula is C8H6IN3O2. The Morgan fingerprint density at radius 2 is 2.36 bits per heavy atom. The van der Waals surface area contributed by atoms with Crippen molar-refractivity contribution in [3.63, 3.8) is 0 Å². The Morgan fingerprint density at radius 1 is 1.57 bits per heavy atom. The number of hydrogen-bond acceptors (Lipinski definition) is 4. The van der Waals surface area contributed by atoms with Gasteiger partial charge in [0.25, 0.3) is 0 Å². The SMILES string of the molecule is COC(=O)c1cncc2c(I)n[nH]c12. The van der Waals surface area contributed by atoms with Crippen LogP contribution in [0.2, 0.25) is 0 Å². The molecule has 6 heteroatoms. The minimum Gasteiger partial charge on any atom is -0.465 e. The average molecular weight is 303 g/mol. The van der Waals surface area contributed by atoms with Gasteiger partial charge in [-0.15, -0.1) is 0 Å². The summed E-state index contributed by atoms with van der Waals surface area (Å²) in [5.74, 6) is -0.414. The lowest BCUT2D eigenvalue weighted by molar-refractivity contribution is 0.0602. The maximum Gasteiger partial charge on any atom is 0.341 e. The Kier molecular flexibility index (Phi) is 2.36. The zero-order valence-corrected chi connectivity index (χ0v) is 9.40. The molecule has 0 aromatic carbocycles. The lowest BCUT2D eigenvalue weighted by Crippen LogP contribution is -2.02. The number of aromatic nitrogens is 3. The number of nitrogens with zero attached hydrogens (tertiary/aromatic N) is 2. The van der Waals surface area contributed by atoms with Crippen molar-refractivity contribution in [2.24, 2.45) is 0 Å². The van der Waals surface area contributed by atoms with Gasteiger partial charge in [-0.05, 0) is 22.6 Å². The molecule has 0 aliphatic rings. The van der Waals surface area contributed by atoms with E-state index in [0.717, 1.165) is 9.09 Å². The number of ether oxygens (including phenoxy) is 1. The van der Waals surface area contributed by atoms with Crippen LogP contribution in [0.5, 0.6) is 0 Å². The van der Waals surface area contributed by atoms with E-state index in [1.807, 2.05) is 0 Å². The fourth-order valence-electron chi connectivity index (χ4n) is 1.17. The molecule has 0 atom stereocenters. The molecule has 2 rings (SSSR count). The average Bonchev–Trinajstić information content (AvgIpc) is 2.59. The van der Waals surface area contributed by atoms with Crippen molar-refractivity contribution in [1.82, 2.24) is 15.2 Å². The van der Waals surface area contributed by atoms with Crippen molar-refractivity contribution in [1.29, 1.82) is 0 Å². The summed E-state index contributed by atoms with van der Waals surface area (Å²) in [6, 6.07) is 0. The molecule has 2 aromatic rings. The molecular weight excluding hydrogens is 297 g/mol. The number of nitrogens with one attached hydrogen (secondary N) is 1. The fraction of sp³-hybridized carbons (Fsp3) is 0.125. The molecule has 0 aliphatic carbocycles. The van der Waals surface area contributed by atoms with Crippen LogP contribution in [0.1, 0.15) is 10.4 Å². The summed E-state index contributed by atoms with van der Waals surface area (Å²) in [6.45, 7) is 0. The van der Waals surface area contributed by atoms with Gasteiger partial charge in [0.15, 0.2) is 0 Å². The number of halogens is 1. The number of hydrogen-bond donors (Lipinski definition) is 1. The molecule has 5 nitrogen and oxygen atoms in total. The van der Waals surface area contributed by atoms with E-state index in [1.165, 1.54) is 13.3 Å². The predicted molar refractivity (Wildman–Crippen MR) is 57.9 cm³/mol. The summed E-state index contributed by atoms with van der Waals surface area (Å²) in [7, 11) is 1.34. The number of pyridine rings is 1. The Bertz CT molecular complexity index is 494. The van der Waals surface area contributed by atoms with Gasteiger partial charge >= 0.3 is 5.97 Å². The Labute approximate surface area is 93.0 Å². The van der Waals surface area contributed by atoms with Crippen molar-refractivity contribution in [2.75, 3.05) is 7.11 Å². The third-order valence-corrected chi connectivity index (χ3v) is 2.66. The van der Waals surface area contributed by atoms with Crippen LogP contribution in [0.4, 0.5) is 0 Å². The second-order valence-electron chi connectivity index (χ2n) is 2.62. The second-order valence-corrected chi connectivity index (χ2v) is 3.64. The molecule has 72 valence electrons. The number of rotatable bonds is 1. The summed E-state index contributed by atoms with van der Waals surface area (Å²) in [5.41, 5.74) is 1.07. The van der Waals surface area contributed by atoms with Crippen molar-refractivity contribution in [2.45, 2.75) is 0 Å². The lowest BCUT2D eigenvalue weighted by atomic mass is 10.2. The summed E-state index contributed by atoms with van der Waals surface area (Å²) < 4.78 is 5.41. The molecule has 0 saturated carbocycles. The van der Waals surface area contributed by atoms with E-state index in [0.29, 0.717) is 11.1 Å². The third kappa shape index (κ3) is 1.35. The molecule has 2 heterocycles. The van der Waals surface area contributed by atoms with Gasteiger partial charge in [-0.2, -0.15) is 5.10 Å². The second kappa shape index (κ2) is 3.52. The van der Waals surface area contributed by atoms with Crippen LogP contribution in [0.25, 0.3) is 10.9 Å². The maximum absolute atomic E-state index is 11.3. The summed E-state index contributed by atoms with van der Waals surface area (Å²) in [5, 5.41) is 7.59. The molecule has 0 fully saturated rings. The fourth-order valence-corrected chi connectivity index (χ4v) is 1.70. The molecule has 14 heavy (non-hydrogen) atoms. The third-order valence-electron chi connectivity index (χ3n) is 1.84. The van der Waals surface area contributed by atoms with Crippen LogP contribution >= 0.6 is 22.6 Å². The van der Waals surface area contributed by atoms with Crippen LogP contribution in [0.3, 0.4) is 0 Å². The number of methoxy groups -OCH3 is 1. The molecule has 2 aromatic heterocycles. The minimum absolute atomic E-state index is 0.403. The van der Waals surface area contributed by atoms with Gasteiger partial charge in [0.05, 0.1) is 18.0 Å². The number of aromatic amines is 1. The minimum atomic E-state index is -0.414. The Balaban J connectivity index is 2.71. The highest BCUT2D eigenvalue weighted by molar-refractivity contribution is 14.1.